The number of rotatable bonds is 9. The zero-order valence-electron chi connectivity index (χ0n) is 11.3. The molecule has 0 aromatic carbocycles. The summed E-state index contributed by atoms with van der Waals surface area (Å²) >= 11 is 0. The minimum atomic E-state index is -0.361. The molecule has 0 saturated heterocycles. The van der Waals surface area contributed by atoms with Crippen LogP contribution < -0.4 is 0 Å². The molecule has 0 bridgehead atoms. The second-order valence-electron chi connectivity index (χ2n) is 5.44. The SMILES string of the molecule is CCCCCCCCCC(O)C1CCCC1=O. The van der Waals surface area contributed by atoms with Gasteiger partial charge < -0.3 is 5.11 Å². The lowest BCUT2D eigenvalue weighted by Gasteiger charge is -2.16. The maximum atomic E-state index is 11.5. The Morgan fingerprint density at radius 1 is 1.18 bits per heavy atom. The van der Waals surface area contributed by atoms with Gasteiger partial charge in [-0.3, -0.25) is 4.79 Å². The van der Waals surface area contributed by atoms with Gasteiger partial charge in [-0.05, 0) is 19.3 Å². The van der Waals surface area contributed by atoms with Crippen molar-refractivity contribution in [2.24, 2.45) is 5.92 Å². The summed E-state index contributed by atoms with van der Waals surface area (Å²) < 4.78 is 0. The van der Waals surface area contributed by atoms with Crippen molar-refractivity contribution in [1.82, 2.24) is 0 Å². The molecule has 2 heteroatoms. The first-order chi connectivity index (χ1) is 8.25. The van der Waals surface area contributed by atoms with Crippen molar-refractivity contribution < 1.29 is 9.90 Å². The van der Waals surface area contributed by atoms with Gasteiger partial charge in [-0.1, -0.05) is 51.9 Å². The van der Waals surface area contributed by atoms with Gasteiger partial charge in [-0.2, -0.15) is 0 Å². The minimum absolute atomic E-state index is 0.0323. The lowest BCUT2D eigenvalue weighted by atomic mass is 9.95. The highest BCUT2D eigenvalue weighted by atomic mass is 16.3. The van der Waals surface area contributed by atoms with E-state index in [0.29, 0.717) is 12.2 Å². The molecule has 1 aliphatic rings. The molecule has 100 valence electrons. The van der Waals surface area contributed by atoms with Crippen LogP contribution in [0.25, 0.3) is 0 Å². The molecule has 0 spiro atoms. The van der Waals surface area contributed by atoms with E-state index in [1.807, 2.05) is 0 Å². The molecule has 0 aliphatic heterocycles. The molecule has 0 aromatic rings. The lowest BCUT2D eigenvalue weighted by Crippen LogP contribution is -2.23. The van der Waals surface area contributed by atoms with Crippen LogP contribution in [-0.2, 0) is 4.79 Å². The number of aliphatic hydroxyl groups is 1. The summed E-state index contributed by atoms with van der Waals surface area (Å²) in [4.78, 5) is 11.5. The van der Waals surface area contributed by atoms with Crippen LogP contribution in [0.3, 0.4) is 0 Å². The number of hydrogen-bond donors (Lipinski definition) is 1. The van der Waals surface area contributed by atoms with Crippen molar-refractivity contribution in [1.29, 1.82) is 0 Å². The molecular weight excluding hydrogens is 212 g/mol. The molecule has 0 heterocycles. The molecule has 1 aliphatic carbocycles. The molecule has 0 amide bonds. The van der Waals surface area contributed by atoms with Crippen molar-refractivity contribution >= 4 is 5.78 Å². The molecule has 1 rings (SSSR count). The van der Waals surface area contributed by atoms with Gasteiger partial charge in [0.25, 0.3) is 0 Å². The Labute approximate surface area is 106 Å². The zero-order valence-corrected chi connectivity index (χ0v) is 11.3. The number of aliphatic hydroxyl groups excluding tert-OH is 1. The molecule has 1 fully saturated rings. The Balaban J connectivity index is 1.96. The summed E-state index contributed by atoms with van der Waals surface area (Å²) in [5.41, 5.74) is 0. The second-order valence-corrected chi connectivity index (χ2v) is 5.44. The van der Waals surface area contributed by atoms with E-state index >= 15 is 0 Å². The van der Waals surface area contributed by atoms with E-state index < -0.39 is 0 Å². The summed E-state index contributed by atoms with van der Waals surface area (Å²) in [6.45, 7) is 2.23. The Kier molecular flexibility index (Phi) is 7.50. The second kappa shape index (κ2) is 8.68. The van der Waals surface area contributed by atoms with Crippen molar-refractivity contribution in [3.8, 4) is 0 Å². The Morgan fingerprint density at radius 2 is 1.82 bits per heavy atom. The molecule has 2 atom stereocenters. The van der Waals surface area contributed by atoms with E-state index in [0.717, 1.165) is 25.7 Å². The maximum Gasteiger partial charge on any atom is 0.138 e. The van der Waals surface area contributed by atoms with Gasteiger partial charge in [-0.25, -0.2) is 0 Å². The quantitative estimate of drug-likeness (QED) is 0.621. The molecule has 1 N–H and O–H groups in total. The van der Waals surface area contributed by atoms with Crippen LogP contribution in [0, 0.1) is 5.92 Å². The number of carbonyl (C=O) groups is 1. The molecular formula is C15H28O2. The van der Waals surface area contributed by atoms with Gasteiger partial charge in [-0.15, -0.1) is 0 Å². The van der Waals surface area contributed by atoms with Crippen LogP contribution in [0.2, 0.25) is 0 Å². The summed E-state index contributed by atoms with van der Waals surface area (Å²) in [5, 5.41) is 9.94. The minimum Gasteiger partial charge on any atom is -0.392 e. The fourth-order valence-electron chi connectivity index (χ4n) is 2.76. The topological polar surface area (TPSA) is 37.3 Å². The van der Waals surface area contributed by atoms with Crippen LogP contribution >= 0.6 is 0 Å². The highest BCUT2D eigenvalue weighted by Crippen LogP contribution is 2.27. The molecule has 2 unspecified atom stereocenters. The summed E-state index contributed by atoms with van der Waals surface area (Å²) in [6, 6.07) is 0. The van der Waals surface area contributed by atoms with Crippen LogP contribution in [-0.4, -0.2) is 17.0 Å². The summed E-state index contributed by atoms with van der Waals surface area (Å²) in [7, 11) is 0. The third-order valence-electron chi connectivity index (χ3n) is 3.92. The van der Waals surface area contributed by atoms with Gasteiger partial charge in [0.15, 0.2) is 0 Å². The predicted molar refractivity (Wildman–Crippen MR) is 71.0 cm³/mol. The van der Waals surface area contributed by atoms with Gasteiger partial charge in [0.05, 0.1) is 6.10 Å². The largest absolute Gasteiger partial charge is 0.392 e. The first kappa shape index (κ1) is 14.7. The standard InChI is InChI=1S/C15H28O2/c1-2-3-4-5-6-7-8-11-14(16)13-10-9-12-15(13)17/h13-14,16H,2-12H2,1H3. The van der Waals surface area contributed by atoms with Crippen LogP contribution in [0.4, 0.5) is 0 Å². The van der Waals surface area contributed by atoms with E-state index in [2.05, 4.69) is 6.92 Å². The summed E-state index contributed by atoms with van der Waals surface area (Å²) in [5.74, 6) is 0.260. The van der Waals surface area contributed by atoms with Crippen molar-refractivity contribution in [2.45, 2.75) is 83.7 Å². The van der Waals surface area contributed by atoms with E-state index in [-0.39, 0.29) is 12.0 Å². The molecule has 17 heavy (non-hydrogen) atoms. The first-order valence-corrected chi connectivity index (χ1v) is 7.46. The maximum absolute atomic E-state index is 11.5. The lowest BCUT2D eigenvalue weighted by molar-refractivity contribution is -0.123. The average molecular weight is 240 g/mol. The van der Waals surface area contributed by atoms with Crippen LogP contribution in [0.15, 0.2) is 0 Å². The first-order valence-electron chi connectivity index (χ1n) is 7.46. The highest BCUT2D eigenvalue weighted by Gasteiger charge is 2.30. The Morgan fingerprint density at radius 3 is 2.41 bits per heavy atom. The number of ketones is 1. The average Bonchev–Trinajstić information content (AvgIpc) is 2.74. The van der Waals surface area contributed by atoms with Crippen molar-refractivity contribution in [2.75, 3.05) is 0 Å². The van der Waals surface area contributed by atoms with Gasteiger partial charge >= 0.3 is 0 Å². The number of unbranched alkanes of at least 4 members (excludes halogenated alkanes) is 6. The fraction of sp³-hybridized carbons (Fsp3) is 0.933. The van der Waals surface area contributed by atoms with E-state index in [1.165, 1.54) is 38.5 Å². The molecule has 0 aromatic heterocycles. The monoisotopic (exact) mass is 240 g/mol. The van der Waals surface area contributed by atoms with Crippen LogP contribution in [0.1, 0.15) is 77.6 Å². The normalized spacial score (nSPS) is 22.0. The molecule has 1 saturated carbocycles. The Bertz CT molecular complexity index is 213. The number of Topliss-reactive ketones (excluding diaryl/α,β-unsaturated/α-hetero) is 1. The molecule has 2 nitrogen and oxygen atoms in total. The van der Waals surface area contributed by atoms with Crippen molar-refractivity contribution in [3.63, 3.8) is 0 Å². The predicted octanol–water partition coefficient (Wildman–Crippen LogP) is 3.86. The fourth-order valence-corrected chi connectivity index (χ4v) is 2.76. The van der Waals surface area contributed by atoms with Gasteiger partial charge in [0, 0.05) is 12.3 Å². The third kappa shape index (κ3) is 5.67. The number of carbonyl (C=O) groups excluding carboxylic acids is 1. The van der Waals surface area contributed by atoms with Gasteiger partial charge in [0.1, 0.15) is 5.78 Å². The van der Waals surface area contributed by atoms with Gasteiger partial charge in [0.2, 0.25) is 0 Å². The highest BCUT2D eigenvalue weighted by molar-refractivity contribution is 5.83. The molecule has 0 radical (unpaired) electrons. The van der Waals surface area contributed by atoms with Crippen molar-refractivity contribution in [3.05, 3.63) is 0 Å². The van der Waals surface area contributed by atoms with E-state index in [1.54, 1.807) is 0 Å². The third-order valence-corrected chi connectivity index (χ3v) is 3.92. The smallest absolute Gasteiger partial charge is 0.138 e. The van der Waals surface area contributed by atoms with E-state index in [4.69, 9.17) is 0 Å². The Hall–Kier alpha value is -0.370. The van der Waals surface area contributed by atoms with E-state index in [9.17, 15) is 9.90 Å². The van der Waals surface area contributed by atoms with Crippen LogP contribution in [0.5, 0.6) is 0 Å². The zero-order chi connectivity index (χ0) is 12.5. The summed E-state index contributed by atoms with van der Waals surface area (Å²) in [6.07, 6.45) is 11.9. The number of hydrogen-bond acceptors (Lipinski definition) is 2.